The van der Waals surface area contributed by atoms with Gasteiger partial charge in [0.15, 0.2) is 0 Å². The molecule has 1 atom stereocenters. The Morgan fingerprint density at radius 1 is 1.33 bits per heavy atom. The second-order valence-corrected chi connectivity index (χ2v) is 4.71. The van der Waals surface area contributed by atoms with Gasteiger partial charge in [0.05, 0.1) is 5.38 Å². The maximum atomic E-state index is 11.7. The van der Waals surface area contributed by atoms with Crippen LogP contribution in [-0.2, 0) is 4.79 Å². The number of nitrogens with zero attached hydrogens (tertiary/aromatic N) is 3. The van der Waals surface area contributed by atoms with E-state index in [4.69, 9.17) is 16.0 Å². The van der Waals surface area contributed by atoms with Gasteiger partial charge in [0.2, 0.25) is 18.2 Å². The SMILES string of the molecule is O=C1CC(Cl)CN1c1ccc(-c2nnco2)cc1. The lowest BCUT2D eigenvalue weighted by atomic mass is 10.2. The normalized spacial score (nSPS) is 19.5. The maximum absolute atomic E-state index is 11.7. The van der Waals surface area contributed by atoms with Crippen molar-refractivity contribution in [1.29, 1.82) is 0 Å². The molecule has 0 aliphatic carbocycles. The molecular formula is C12H10ClN3O2. The molecule has 1 unspecified atom stereocenters. The molecule has 1 aromatic heterocycles. The Morgan fingerprint density at radius 3 is 2.67 bits per heavy atom. The molecule has 1 fully saturated rings. The predicted octanol–water partition coefficient (Wildman–Crippen LogP) is 2.08. The number of alkyl halides is 1. The molecule has 0 saturated carbocycles. The van der Waals surface area contributed by atoms with Crippen LogP contribution in [0.4, 0.5) is 5.69 Å². The molecule has 1 aromatic carbocycles. The summed E-state index contributed by atoms with van der Waals surface area (Å²) in [4.78, 5) is 13.4. The van der Waals surface area contributed by atoms with Crippen LogP contribution in [0.2, 0.25) is 0 Å². The van der Waals surface area contributed by atoms with E-state index < -0.39 is 0 Å². The molecule has 1 aliphatic heterocycles. The average molecular weight is 264 g/mol. The summed E-state index contributed by atoms with van der Waals surface area (Å²) in [7, 11) is 0. The molecule has 6 heteroatoms. The van der Waals surface area contributed by atoms with Gasteiger partial charge in [-0.3, -0.25) is 4.79 Å². The lowest BCUT2D eigenvalue weighted by molar-refractivity contribution is -0.117. The van der Waals surface area contributed by atoms with Crippen LogP contribution in [0.25, 0.3) is 11.5 Å². The second-order valence-electron chi connectivity index (χ2n) is 4.10. The van der Waals surface area contributed by atoms with Crippen molar-refractivity contribution in [2.24, 2.45) is 0 Å². The van der Waals surface area contributed by atoms with Crippen LogP contribution in [-0.4, -0.2) is 28.0 Å². The van der Waals surface area contributed by atoms with E-state index in [-0.39, 0.29) is 11.3 Å². The molecule has 1 saturated heterocycles. The van der Waals surface area contributed by atoms with Gasteiger partial charge < -0.3 is 9.32 Å². The van der Waals surface area contributed by atoms with Crippen LogP contribution >= 0.6 is 11.6 Å². The van der Waals surface area contributed by atoms with Gasteiger partial charge >= 0.3 is 0 Å². The molecule has 0 bridgehead atoms. The van der Waals surface area contributed by atoms with Gasteiger partial charge in [0, 0.05) is 24.2 Å². The summed E-state index contributed by atoms with van der Waals surface area (Å²) in [6.07, 6.45) is 1.68. The van der Waals surface area contributed by atoms with Crippen molar-refractivity contribution in [3.05, 3.63) is 30.7 Å². The monoisotopic (exact) mass is 263 g/mol. The molecule has 92 valence electrons. The first-order chi connectivity index (χ1) is 8.74. The standard InChI is InChI=1S/C12H10ClN3O2/c13-9-5-11(17)16(6-9)10-3-1-8(2-4-10)12-15-14-7-18-12/h1-4,7,9H,5-6H2. The summed E-state index contributed by atoms with van der Waals surface area (Å²) in [6.45, 7) is 0.556. The molecule has 2 heterocycles. The summed E-state index contributed by atoms with van der Waals surface area (Å²) in [5, 5.41) is 7.34. The van der Waals surface area contributed by atoms with E-state index in [1.807, 2.05) is 24.3 Å². The quantitative estimate of drug-likeness (QED) is 0.779. The topological polar surface area (TPSA) is 59.2 Å². The average Bonchev–Trinajstić information content (AvgIpc) is 2.99. The van der Waals surface area contributed by atoms with E-state index in [0.29, 0.717) is 18.9 Å². The van der Waals surface area contributed by atoms with Gasteiger partial charge in [-0.1, -0.05) is 0 Å². The molecule has 18 heavy (non-hydrogen) atoms. The highest BCUT2D eigenvalue weighted by Gasteiger charge is 2.28. The number of aromatic nitrogens is 2. The van der Waals surface area contributed by atoms with Crippen LogP contribution < -0.4 is 4.90 Å². The summed E-state index contributed by atoms with van der Waals surface area (Å²) in [5.74, 6) is 0.519. The molecule has 0 spiro atoms. The Hall–Kier alpha value is -1.88. The van der Waals surface area contributed by atoms with Gasteiger partial charge in [-0.2, -0.15) is 0 Å². The molecule has 0 radical (unpaired) electrons. The summed E-state index contributed by atoms with van der Waals surface area (Å²) >= 11 is 5.97. The first kappa shape index (κ1) is 11.2. The Morgan fingerprint density at radius 2 is 2.11 bits per heavy atom. The van der Waals surface area contributed by atoms with Gasteiger partial charge in [0.25, 0.3) is 0 Å². The molecule has 2 aromatic rings. The summed E-state index contributed by atoms with van der Waals surface area (Å²) < 4.78 is 5.10. The lowest BCUT2D eigenvalue weighted by Crippen LogP contribution is -2.24. The molecular weight excluding hydrogens is 254 g/mol. The molecule has 0 N–H and O–H groups in total. The van der Waals surface area contributed by atoms with Gasteiger partial charge in [-0.25, -0.2) is 0 Å². The zero-order chi connectivity index (χ0) is 12.5. The van der Waals surface area contributed by atoms with E-state index in [9.17, 15) is 4.79 Å². The van der Waals surface area contributed by atoms with Crippen molar-refractivity contribution in [3.8, 4) is 11.5 Å². The van der Waals surface area contributed by atoms with Crippen molar-refractivity contribution in [3.63, 3.8) is 0 Å². The number of hydrogen-bond donors (Lipinski definition) is 0. The fourth-order valence-corrected chi connectivity index (χ4v) is 2.27. The number of carbonyl (C=O) groups is 1. The zero-order valence-corrected chi connectivity index (χ0v) is 10.2. The number of rotatable bonds is 2. The van der Waals surface area contributed by atoms with Crippen molar-refractivity contribution >= 4 is 23.2 Å². The fourth-order valence-electron chi connectivity index (χ4n) is 2.00. The van der Waals surface area contributed by atoms with E-state index >= 15 is 0 Å². The fraction of sp³-hybridized carbons (Fsp3) is 0.250. The van der Waals surface area contributed by atoms with Crippen LogP contribution in [0.15, 0.2) is 35.1 Å². The third-order valence-corrected chi connectivity index (χ3v) is 3.16. The maximum Gasteiger partial charge on any atom is 0.247 e. The Balaban J connectivity index is 1.85. The smallest absolute Gasteiger partial charge is 0.247 e. The Kier molecular flexibility index (Phi) is 2.76. The van der Waals surface area contributed by atoms with E-state index in [2.05, 4.69) is 10.2 Å². The van der Waals surface area contributed by atoms with E-state index in [0.717, 1.165) is 11.3 Å². The van der Waals surface area contributed by atoms with Crippen molar-refractivity contribution in [2.75, 3.05) is 11.4 Å². The van der Waals surface area contributed by atoms with Crippen LogP contribution in [0.5, 0.6) is 0 Å². The number of carbonyl (C=O) groups excluding carboxylic acids is 1. The zero-order valence-electron chi connectivity index (χ0n) is 9.41. The third-order valence-electron chi connectivity index (χ3n) is 2.86. The minimum absolute atomic E-state index is 0.0561. The van der Waals surface area contributed by atoms with Crippen LogP contribution in [0.3, 0.4) is 0 Å². The third kappa shape index (κ3) is 1.97. The Bertz CT molecular complexity index is 553. The van der Waals surface area contributed by atoms with E-state index in [1.54, 1.807) is 4.90 Å². The number of halogens is 1. The van der Waals surface area contributed by atoms with E-state index in [1.165, 1.54) is 6.39 Å². The largest absolute Gasteiger partial charge is 0.423 e. The van der Waals surface area contributed by atoms with Crippen LogP contribution in [0.1, 0.15) is 6.42 Å². The van der Waals surface area contributed by atoms with Gasteiger partial charge in [-0.15, -0.1) is 21.8 Å². The molecule has 1 aliphatic rings. The second kappa shape index (κ2) is 4.42. The first-order valence-electron chi connectivity index (χ1n) is 5.55. The van der Waals surface area contributed by atoms with Crippen molar-refractivity contribution in [2.45, 2.75) is 11.8 Å². The van der Waals surface area contributed by atoms with Crippen molar-refractivity contribution < 1.29 is 9.21 Å². The number of hydrogen-bond acceptors (Lipinski definition) is 4. The highest BCUT2D eigenvalue weighted by atomic mass is 35.5. The highest BCUT2D eigenvalue weighted by Crippen LogP contribution is 2.26. The minimum Gasteiger partial charge on any atom is -0.423 e. The molecule has 5 nitrogen and oxygen atoms in total. The first-order valence-corrected chi connectivity index (χ1v) is 5.99. The lowest BCUT2D eigenvalue weighted by Gasteiger charge is -2.15. The highest BCUT2D eigenvalue weighted by molar-refractivity contribution is 6.24. The van der Waals surface area contributed by atoms with Gasteiger partial charge in [0.1, 0.15) is 0 Å². The molecule has 3 rings (SSSR count). The molecule has 1 amide bonds. The van der Waals surface area contributed by atoms with Crippen LogP contribution in [0, 0.1) is 0 Å². The van der Waals surface area contributed by atoms with Gasteiger partial charge in [-0.05, 0) is 24.3 Å². The summed E-state index contributed by atoms with van der Waals surface area (Å²) in [5.41, 5.74) is 1.66. The summed E-state index contributed by atoms with van der Waals surface area (Å²) in [6, 6.07) is 7.40. The Labute approximate surface area is 108 Å². The number of anilines is 1. The predicted molar refractivity (Wildman–Crippen MR) is 66.3 cm³/mol. The number of benzene rings is 1. The number of amides is 1. The van der Waals surface area contributed by atoms with Crippen molar-refractivity contribution in [1.82, 2.24) is 10.2 Å². The minimum atomic E-state index is -0.104.